The van der Waals surface area contributed by atoms with Crippen molar-refractivity contribution in [3.63, 3.8) is 0 Å². The van der Waals surface area contributed by atoms with Gasteiger partial charge in [-0.25, -0.2) is 14.2 Å². The Bertz CT molecular complexity index is 1410. The van der Waals surface area contributed by atoms with Gasteiger partial charge in [-0.15, -0.1) is 0 Å². The molecule has 3 rings (SSSR count). The summed E-state index contributed by atoms with van der Waals surface area (Å²) in [7, 11) is -1.93. The van der Waals surface area contributed by atoms with E-state index in [4.69, 9.17) is 23.5 Å². The van der Waals surface area contributed by atoms with E-state index in [0.717, 1.165) is 32.8 Å². The molecule has 8 N–H and O–H groups in total. The lowest BCUT2D eigenvalue weighted by atomic mass is 9.93. The smallest absolute Gasteiger partial charge is 0.394 e. The van der Waals surface area contributed by atoms with Crippen LogP contribution in [0.5, 0.6) is 0 Å². The number of rotatable bonds is 22. The van der Waals surface area contributed by atoms with Crippen LogP contribution < -0.4 is 27.2 Å². The third-order valence-corrected chi connectivity index (χ3v) is 9.77. The first kappa shape index (κ1) is 43.7. The van der Waals surface area contributed by atoms with Crippen LogP contribution in [0.3, 0.4) is 0 Å². The molecule has 52 heavy (non-hydrogen) atoms. The Morgan fingerprint density at radius 3 is 2.29 bits per heavy atom. The van der Waals surface area contributed by atoms with Gasteiger partial charge in [0.15, 0.2) is 6.29 Å². The summed E-state index contributed by atoms with van der Waals surface area (Å²) in [6, 6.07) is -0.142. The zero-order valence-electron chi connectivity index (χ0n) is 29.7. The van der Waals surface area contributed by atoms with Gasteiger partial charge in [-0.1, -0.05) is 25.7 Å². The molecule has 0 bridgehead atoms. The van der Waals surface area contributed by atoms with E-state index in [-0.39, 0.29) is 19.2 Å². The van der Waals surface area contributed by atoms with Crippen molar-refractivity contribution in [1.82, 2.24) is 25.5 Å². The highest BCUT2D eigenvalue weighted by atomic mass is 31.2. The topological polar surface area (TPSA) is 278 Å². The minimum absolute atomic E-state index is 0.0243. The van der Waals surface area contributed by atoms with Crippen LogP contribution in [0.25, 0.3) is 0 Å². The highest BCUT2D eigenvalue weighted by molar-refractivity contribution is 7.47. The number of ether oxygens (including phenoxy) is 4. The fourth-order valence-corrected chi connectivity index (χ4v) is 6.87. The number of unbranched alkanes of at least 4 members (excludes halogenated alkanes) is 5. The summed E-state index contributed by atoms with van der Waals surface area (Å²) in [5, 5.41) is 37.9. The van der Waals surface area contributed by atoms with E-state index in [1.54, 1.807) is 0 Å². The number of urea groups is 1. The molecule has 1 aromatic heterocycles. The van der Waals surface area contributed by atoms with Crippen LogP contribution >= 0.6 is 7.82 Å². The number of aromatic nitrogens is 2. The first-order valence-electron chi connectivity index (χ1n) is 17.4. The van der Waals surface area contributed by atoms with Gasteiger partial charge in [-0.3, -0.25) is 28.2 Å². The van der Waals surface area contributed by atoms with E-state index in [1.807, 2.05) is 0 Å². The van der Waals surface area contributed by atoms with Crippen LogP contribution in [-0.4, -0.2) is 132 Å². The molecule has 2 aliphatic heterocycles. The molecule has 3 amide bonds. The Hall–Kier alpha value is -2.75. The Labute approximate surface area is 301 Å². The van der Waals surface area contributed by atoms with E-state index in [0.29, 0.717) is 38.8 Å². The average Bonchev–Trinajstić information content (AvgIpc) is 3.41. The second-order valence-electron chi connectivity index (χ2n) is 12.7. The maximum Gasteiger partial charge on any atom is 0.472 e. The number of methoxy groups -OCH3 is 1. The van der Waals surface area contributed by atoms with Crippen molar-refractivity contribution in [1.29, 1.82) is 0 Å². The second kappa shape index (κ2) is 21.8. The van der Waals surface area contributed by atoms with Crippen LogP contribution in [0.1, 0.15) is 64.5 Å². The average molecular weight is 768 g/mol. The Kier molecular flexibility index (Phi) is 18.3. The molecule has 0 spiro atoms. The minimum Gasteiger partial charge on any atom is -0.394 e. The molecule has 20 nitrogen and oxygen atoms in total. The predicted octanol–water partition coefficient (Wildman–Crippen LogP) is -0.791. The number of phosphoric ester groups is 1. The number of nitrogens with one attached hydrogen (secondary N) is 4. The zero-order chi connectivity index (χ0) is 38.3. The Balaban J connectivity index is 1.34. The van der Waals surface area contributed by atoms with Crippen molar-refractivity contribution >= 4 is 19.8 Å². The lowest BCUT2D eigenvalue weighted by molar-refractivity contribution is -0.270. The van der Waals surface area contributed by atoms with Crippen molar-refractivity contribution < 1.29 is 62.4 Å². The molecule has 21 heteroatoms. The molecule has 1 aromatic rings. The van der Waals surface area contributed by atoms with Crippen LogP contribution in [0.15, 0.2) is 21.9 Å². The van der Waals surface area contributed by atoms with Gasteiger partial charge in [0.25, 0.3) is 5.56 Å². The summed E-state index contributed by atoms with van der Waals surface area (Å²) >= 11 is 0. The van der Waals surface area contributed by atoms with Gasteiger partial charge in [0.1, 0.15) is 42.8 Å². The normalized spacial score (nSPS) is 28.6. The first-order valence-corrected chi connectivity index (χ1v) is 18.9. The van der Waals surface area contributed by atoms with E-state index in [9.17, 15) is 44.0 Å². The molecule has 0 radical (unpaired) electrons. The Morgan fingerprint density at radius 2 is 1.65 bits per heavy atom. The number of H-pyrrole nitrogens is 1. The molecule has 0 aromatic carbocycles. The summed E-state index contributed by atoms with van der Waals surface area (Å²) < 4.78 is 46.2. The molecule has 298 valence electrons. The molecule has 0 saturated carbocycles. The largest absolute Gasteiger partial charge is 0.472 e. The lowest BCUT2D eigenvalue weighted by Gasteiger charge is -2.42. The van der Waals surface area contributed by atoms with Crippen LogP contribution in [-0.2, 0) is 37.4 Å². The molecular formula is C31H54N5O15P. The summed E-state index contributed by atoms with van der Waals surface area (Å²) in [6.45, 7) is 1.77. The summed E-state index contributed by atoms with van der Waals surface area (Å²) in [5.41, 5.74) is -1.26. The van der Waals surface area contributed by atoms with Crippen molar-refractivity contribution in [2.45, 2.75) is 107 Å². The number of amides is 3. The zero-order valence-corrected chi connectivity index (χ0v) is 30.6. The molecule has 2 fully saturated rings. The highest BCUT2D eigenvalue weighted by Gasteiger charge is 2.49. The van der Waals surface area contributed by atoms with Gasteiger partial charge >= 0.3 is 19.5 Å². The molecule has 2 aliphatic rings. The van der Waals surface area contributed by atoms with E-state index >= 15 is 0 Å². The van der Waals surface area contributed by atoms with Gasteiger partial charge in [0.2, 0.25) is 5.91 Å². The van der Waals surface area contributed by atoms with Gasteiger partial charge in [0.05, 0.1) is 13.2 Å². The summed E-state index contributed by atoms with van der Waals surface area (Å²) in [6.07, 6.45) is -0.786. The van der Waals surface area contributed by atoms with Crippen LogP contribution in [0.2, 0.25) is 0 Å². The molecular weight excluding hydrogens is 713 g/mol. The number of carbonyl (C=O) groups is 2. The van der Waals surface area contributed by atoms with E-state index < -0.39 is 86.6 Å². The van der Waals surface area contributed by atoms with Crippen molar-refractivity contribution in [2.24, 2.45) is 5.92 Å². The SMILES string of the molecule is COC[C@H]1O[C@@H](n2ccc(=O)[nH]c2=O)[C@@H](CCCCCCCNC(=O)NCCCCO[C@@H]2O[C@H](CO)[C@H](O)[C@H](O)[C@H]2NC(C)=O)C1OP(=O)(O)OC. The number of nitrogens with zero attached hydrogens (tertiary/aromatic N) is 1. The van der Waals surface area contributed by atoms with Gasteiger partial charge in [-0.05, 0) is 25.7 Å². The third-order valence-electron chi connectivity index (χ3n) is 8.80. The van der Waals surface area contributed by atoms with Crippen LogP contribution in [0.4, 0.5) is 4.79 Å². The first-order chi connectivity index (χ1) is 24.8. The summed E-state index contributed by atoms with van der Waals surface area (Å²) in [5.74, 6) is -0.986. The third kappa shape index (κ3) is 13.3. The molecule has 2 saturated heterocycles. The predicted molar refractivity (Wildman–Crippen MR) is 182 cm³/mol. The second-order valence-corrected chi connectivity index (χ2v) is 14.2. The molecule has 10 atom stereocenters. The maximum atomic E-state index is 12.6. The van der Waals surface area contributed by atoms with E-state index in [2.05, 4.69) is 25.5 Å². The maximum absolute atomic E-state index is 12.6. The van der Waals surface area contributed by atoms with Crippen LogP contribution in [0, 0.1) is 5.92 Å². The van der Waals surface area contributed by atoms with Crippen molar-refractivity contribution in [2.75, 3.05) is 47.1 Å². The molecule has 3 heterocycles. The summed E-state index contributed by atoms with van der Waals surface area (Å²) in [4.78, 5) is 60.2. The van der Waals surface area contributed by atoms with Crippen molar-refractivity contribution in [3.05, 3.63) is 33.1 Å². The van der Waals surface area contributed by atoms with Gasteiger partial charge in [0, 0.05) is 59.0 Å². The Morgan fingerprint density at radius 1 is 0.981 bits per heavy atom. The highest BCUT2D eigenvalue weighted by Crippen LogP contribution is 2.50. The standard InChI is InChI=1S/C31H54N5O15P/c1-19(38)34-24-26(41)25(40)21(17-37)50-29(24)48-16-10-9-14-33-30(42)32-13-8-6-4-5-7-11-20-27(51-52(44,45)47-3)22(18-46-2)49-28(20)36-15-12-23(39)35-31(36)43/h12,15,20-22,24-29,37,40-41H,4-11,13-14,16-18H2,1-3H3,(H,34,38)(H,44,45)(H2,32,33,42)(H,35,39,43)/t20-,21+,22+,24+,25-,26+,27?,28+,29+/m0/s1. The van der Waals surface area contributed by atoms with Gasteiger partial charge < -0.3 is 55.1 Å². The minimum atomic E-state index is -4.42. The van der Waals surface area contributed by atoms with Gasteiger partial charge in [-0.2, -0.15) is 0 Å². The molecule has 0 aliphatic carbocycles. The number of hydrogen-bond acceptors (Lipinski definition) is 14. The van der Waals surface area contributed by atoms with E-state index in [1.165, 1.54) is 30.9 Å². The van der Waals surface area contributed by atoms with Crippen molar-refractivity contribution in [3.8, 4) is 0 Å². The molecule has 2 unspecified atom stereocenters. The number of phosphoric acid groups is 1. The monoisotopic (exact) mass is 767 g/mol. The fourth-order valence-electron chi connectivity index (χ4n) is 6.18. The number of aliphatic hydroxyl groups is 3. The number of hydrogen-bond donors (Lipinski definition) is 8. The fraction of sp³-hybridized carbons (Fsp3) is 0.806. The number of aliphatic hydroxyl groups excluding tert-OH is 3. The quantitative estimate of drug-likeness (QED) is 0.0530. The number of aromatic amines is 1. The number of carbonyl (C=O) groups excluding carboxylic acids is 2. The lowest BCUT2D eigenvalue weighted by Crippen LogP contribution is -2.64.